The highest BCUT2D eigenvalue weighted by Crippen LogP contribution is 2.46. The Labute approximate surface area is 243 Å². The number of hydrogen-bond acceptors (Lipinski definition) is 9. The zero-order valence-electron chi connectivity index (χ0n) is 24.2. The van der Waals surface area contributed by atoms with E-state index in [1.807, 2.05) is 23.6 Å². The Balaban J connectivity index is 1.18. The lowest BCUT2D eigenvalue weighted by molar-refractivity contribution is -0.119. The van der Waals surface area contributed by atoms with Gasteiger partial charge in [-0.1, -0.05) is 6.92 Å². The molecular formula is C30H35N9O3. The van der Waals surface area contributed by atoms with Crippen LogP contribution >= 0.6 is 0 Å². The summed E-state index contributed by atoms with van der Waals surface area (Å²) in [7, 11) is 3.13. The number of fused-ring (bicyclic) bond motifs is 1. The first-order chi connectivity index (χ1) is 20.3. The Bertz CT molecular complexity index is 1650. The maximum Gasteiger partial charge on any atom is 0.318 e. The van der Waals surface area contributed by atoms with Crippen molar-refractivity contribution in [3.05, 3.63) is 65.3 Å². The molecule has 4 heterocycles. The molecule has 6 rings (SSSR count). The number of pyridine rings is 1. The first-order valence-electron chi connectivity index (χ1n) is 14.3. The van der Waals surface area contributed by atoms with Crippen LogP contribution in [0.4, 0.5) is 11.5 Å². The normalized spacial score (nSPS) is 18.4. The molecule has 0 radical (unpaired) electrons. The van der Waals surface area contributed by atoms with E-state index in [4.69, 9.17) is 9.72 Å². The summed E-state index contributed by atoms with van der Waals surface area (Å²) < 4.78 is 7.39. The lowest BCUT2D eigenvalue weighted by Gasteiger charge is -2.11. The quantitative estimate of drug-likeness (QED) is 0.247. The van der Waals surface area contributed by atoms with E-state index in [-0.39, 0.29) is 42.1 Å². The van der Waals surface area contributed by atoms with E-state index in [0.717, 1.165) is 28.4 Å². The number of hydrogen-bond donors (Lipinski definition) is 3. The van der Waals surface area contributed by atoms with Crippen LogP contribution in [0.2, 0.25) is 0 Å². The minimum Gasteiger partial charge on any atom is -0.467 e. The van der Waals surface area contributed by atoms with Gasteiger partial charge in [-0.3, -0.25) is 9.59 Å². The van der Waals surface area contributed by atoms with Crippen molar-refractivity contribution in [2.24, 2.45) is 5.92 Å². The molecule has 3 N–H and O–H groups in total. The second kappa shape index (κ2) is 11.3. The lowest BCUT2D eigenvalue weighted by Crippen LogP contribution is -2.26. The van der Waals surface area contributed by atoms with Crippen molar-refractivity contribution in [1.29, 1.82) is 0 Å². The average molecular weight is 570 g/mol. The van der Waals surface area contributed by atoms with Crippen LogP contribution in [0.3, 0.4) is 0 Å². The van der Waals surface area contributed by atoms with Gasteiger partial charge in [-0.15, -0.1) is 0 Å². The van der Waals surface area contributed by atoms with Gasteiger partial charge in [0.1, 0.15) is 11.6 Å². The maximum atomic E-state index is 13.0. The fraction of sp³-hybridized carbons (Fsp3) is 0.433. The van der Waals surface area contributed by atoms with Crippen molar-refractivity contribution in [2.45, 2.75) is 57.3 Å². The number of nitrogens with zero attached hydrogens (tertiary/aromatic N) is 6. The molecule has 42 heavy (non-hydrogen) atoms. The number of ether oxygens (including phenoxy) is 1. The van der Waals surface area contributed by atoms with E-state index in [9.17, 15) is 9.59 Å². The van der Waals surface area contributed by atoms with E-state index in [1.165, 1.54) is 25.5 Å². The van der Waals surface area contributed by atoms with Gasteiger partial charge in [0.05, 0.1) is 30.7 Å². The number of rotatable bonds is 11. The predicted molar refractivity (Wildman–Crippen MR) is 157 cm³/mol. The molecule has 0 unspecified atom stereocenters. The summed E-state index contributed by atoms with van der Waals surface area (Å²) >= 11 is 0. The summed E-state index contributed by atoms with van der Waals surface area (Å²) in [5.74, 6) is 1.27. The molecule has 3 atom stereocenters. The summed E-state index contributed by atoms with van der Waals surface area (Å²) in [4.78, 5) is 47.5. The summed E-state index contributed by atoms with van der Waals surface area (Å²) in [6.45, 7) is 4.18. The van der Waals surface area contributed by atoms with Gasteiger partial charge in [-0.05, 0) is 56.2 Å². The van der Waals surface area contributed by atoms with Gasteiger partial charge >= 0.3 is 6.01 Å². The molecule has 218 valence electrons. The first kappa shape index (κ1) is 27.6. The molecule has 2 amide bonds. The van der Waals surface area contributed by atoms with E-state index >= 15 is 0 Å². The molecule has 12 nitrogen and oxygen atoms in total. The number of methoxy groups -OCH3 is 1. The highest BCUT2D eigenvalue weighted by molar-refractivity contribution is 5.94. The van der Waals surface area contributed by atoms with Gasteiger partial charge < -0.3 is 25.1 Å². The molecule has 4 aromatic heterocycles. The third-order valence-corrected chi connectivity index (χ3v) is 7.84. The number of aryl methyl sites for hydroxylation is 1. The molecule has 0 bridgehead atoms. The fourth-order valence-corrected chi connectivity index (χ4v) is 5.20. The van der Waals surface area contributed by atoms with Crippen LogP contribution in [0, 0.1) is 12.8 Å². The van der Waals surface area contributed by atoms with Crippen LogP contribution in [0.5, 0.6) is 6.01 Å². The van der Waals surface area contributed by atoms with E-state index < -0.39 is 0 Å². The second-order valence-corrected chi connectivity index (χ2v) is 11.2. The molecule has 2 fully saturated rings. The summed E-state index contributed by atoms with van der Waals surface area (Å²) in [6.07, 6.45) is 9.52. The van der Waals surface area contributed by atoms with Crippen molar-refractivity contribution in [1.82, 2.24) is 34.6 Å². The van der Waals surface area contributed by atoms with Crippen LogP contribution in [0.25, 0.3) is 5.65 Å². The number of carbonyl (C=O) groups is 2. The Kier molecular flexibility index (Phi) is 7.44. The van der Waals surface area contributed by atoms with E-state index in [2.05, 4.69) is 55.1 Å². The summed E-state index contributed by atoms with van der Waals surface area (Å²) in [5, 5.41) is 8.84. The zero-order chi connectivity index (χ0) is 29.4. The standard InChI is InChI=1S/C30H35N9O3/c1-16(24-15-39-14-19(18-5-6-18)10-23(28(39)36-24)33-13-26(40)31-3)9-20-11-25(38-30(35-20)42-4)37-29(41)22-12-21(22)27-32-8-7-17(2)34-27/h7-8,10-11,14-16,18,21-22,33H,5-6,9,12-13H2,1-4H3,(H,31,40)(H,35,37,38,41)/t16-,21-,22-/m0/s1. The number of anilines is 2. The van der Waals surface area contributed by atoms with Crippen LogP contribution in [-0.2, 0) is 16.0 Å². The van der Waals surface area contributed by atoms with Crippen LogP contribution in [0.15, 0.2) is 36.8 Å². The Hall–Kier alpha value is -4.61. The predicted octanol–water partition coefficient (Wildman–Crippen LogP) is 3.36. The monoisotopic (exact) mass is 569 g/mol. The number of carbonyl (C=O) groups excluding carboxylic acids is 2. The number of aromatic nitrogens is 6. The average Bonchev–Trinajstić information content (AvgIpc) is 3.91. The number of amides is 2. The third-order valence-electron chi connectivity index (χ3n) is 7.84. The topological polar surface area (TPSA) is 148 Å². The largest absolute Gasteiger partial charge is 0.467 e. The maximum absolute atomic E-state index is 13.0. The molecule has 0 aliphatic heterocycles. The number of imidazole rings is 1. The molecule has 2 aliphatic carbocycles. The third kappa shape index (κ3) is 6.02. The minimum absolute atomic E-state index is 0.00973. The molecular weight excluding hydrogens is 534 g/mol. The van der Waals surface area contributed by atoms with Crippen molar-refractivity contribution in [3.63, 3.8) is 0 Å². The molecule has 4 aromatic rings. The molecule has 0 spiro atoms. The Morgan fingerprint density at radius 2 is 1.98 bits per heavy atom. The highest BCUT2D eigenvalue weighted by atomic mass is 16.5. The summed E-state index contributed by atoms with van der Waals surface area (Å²) in [5.41, 5.74) is 5.36. The molecule has 0 saturated heterocycles. The van der Waals surface area contributed by atoms with Crippen LogP contribution in [-0.4, -0.2) is 61.8 Å². The SMILES string of the molecule is CNC(=O)CNc1cc(C2CC2)cn2cc([C@@H](C)Cc3cc(NC(=O)[C@H]4C[C@@H]4c4nccc(C)n4)nc(OC)n3)nc12. The van der Waals surface area contributed by atoms with Crippen molar-refractivity contribution in [3.8, 4) is 6.01 Å². The molecule has 0 aromatic carbocycles. The minimum atomic E-state index is -0.195. The van der Waals surface area contributed by atoms with Crippen LogP contribution in [0.1, 0.15) is 72.4 Å². The van der Waals surface area contributed by atoms with Crippen molar-refractivity contribution >= 4 is 29.0 Å². The van der Waals surface area contributed by atoms with Gasteiger partial charge in [0, 0.05) is 55.2 Å². The lowest BCUT2D eigenvalue weighted by atomic mass is 10.0. The van der Waals surface area contributed by atoms with Gasteiger partial charge in [0.2, 0.25) is 11.8 Å². The van der Waals surface area contributed by atoms with E-state index in [1.54, 1.807) is 19.3 Å². The zero-order valence-corrected chi connectivity index (χ0v) is 24.2. The molecule has 2 aliphatic rings. The fourth-order valence-electron chi connectivity index (χ4n) is 5.20. The van der Waals surface area contributed by atoms with Gasteiger partial charge in [-0.2, -0.15) is 4.98 Å². The Morgan fingerprint density at radius 1 is 1.14 bits per heavy atom. The van der Waals surface area contributed by atoms with Gasteiger partial charge in [-0.25, -0.2) is 19.9 Å². The number of likely N-dealkylation sites (N-methyl/N-ethyl adjacent to an activating group) is 1. The molecule has 2 saturated carbocycles. The molecule has 12 heteroatoms. The highest BCUT2D eigenvalue weighted by Gasteiger charge is 2.46. The first-order valence-corrected chi connectivity index (χ1v) is 14.3. The summed E-state index contributed by atoms with van der Waals surface area (Å²) in [6, 6.07) is 5.93. The van der Waals surface area contributed by atoms with Gasteiger partial charge in [0.15, 0.2) is 5.65 Å². The number of nitrogens with one attached hydrogen (secondary N) is 3. The van der Waals surface area contributed by atoms with Gasteiger partial charge in [0.25, 0.3) is 0 Å². The smallest absolute Gasteiger partial charge is 0.318 e. The van der Waals surface area contributed by atoms with E-state index in [0.29, 0.717) is 30.4 Å². The van der Waals surface area contributed by atoms with Crippen molar-refractivity contribution in [2.75, 3.05) is 31.3 Å². The Morgan fingerprint density at radius 3 is 2.71 bits per heavy atom. The van der Waals surface area contributed by atoms with Crippen LogP contribution < -0.4 is 20.7 Å². The van der Waals surface area contributed by atoms with Crippen molar-refractivity contribution < 1.29 is 14.3 Å². The second-order valence-electron chi connectivity index (χ2n) is 11.2.